The zero-order valence-electron chi connectivity index (χ0n) is 11.7. The van der Waals surface area contributed by atoms with Crippen molar-refractivity contribution in [2.75, 3.05) is 0 Å². The van der Waals surface area contributed by atoms with E-state index in [2.05, 4.69) is 10.0 Å². The van der Waals surface area contributed by atoms with Crippen LogP contribution in [0.3, 0.4) is 0 Å². The van der Waals surface area contributed by atoms with E-state index in [-0.39, 0.29) is 12.2 Å². The number of carbonyl (C=O) groups is 2. The maximum absolute atomic E-state index is 11.8. The number of rotatable bonds is 6. The maximum Gasteiger partial charge on any atom is 0.322 e. The number of nitrogens with two attached hydrogens (primary N) is 1. The number of ether oxygens (including phenoxy) is 1. The van der Waals surface area contributed by atoms with Gasteiger partial charge in [-0.1, -0.05) is 17.2 Å². The minimum absolute atomic E-state index is 0.174. The van der Waals surface area contributed by atoms with E-state index in [1.165, 1.54) is 26.0 Å². The number of hydrogen-bond acceptors (Lipinski definition) is 5. The summed E-state index contributed by atoms with van der Waals surface area (Å²) in [6.07, 6.45) is 0.174. The largest absolute Gasteiger partial charge is 0.480 e. The van der Waals surface area contributed by atoms with Crippen molar-refractivity contribution in [3.05, 3.63) is 40.3 Å². The maximum atomic E-state index is 11.8. The Labute approximate surface area is 121 Å². The van der Waals surface area contributed by atoms with Crippen molar-refractivity contribution in [1.29, 1.82) is 0 Å². The van der Waals surface area contributed by atoms with Crippen molar-refractivity contribution >= 4 is 11.9 Å². The average molecular weight is 292 g/mol. The second kappa shape index (κ2) is 6.74. The predicted molar refractivity (Wildman–Crippen MR) is 74.6 cm³/mol. The number of nitrogens with zero attached hydrogens (tertiary/aromatic N) is 3. The molecule has 0 aliphatic carbocycles. The first-order chi connectivity index (χ1) is 9.76. The third-order valence-corrected chi connectivity index (χ3v) is 2.70. The molecule has 1 aromatic carbocycles. The van der Waals surface area contributed by atoms with Crippen LogP contribution in [-0.4, -0.2) is 28.6 Å². The lowest BCUT2D eigenvalue weighted by Crippen LogP contribution is -2.33. The van der Waals surface area contributed by atoms with Crippen LogP contribution in [0.15, 0.2) is 29.4 Å². The standard InChI is InChI=1S/C13H16N4O4/c1-13(2,16-17-15)12(20)21-9-5-3-8(4-6-9)7-10(14)11(18)19/h3-6,10H,7,14H2,1-2H3,(H,18,19). The van der Waals surface area contributed by atoms with Gasteiger partial charge < -0.3 is 15.6 Å². The number of esters is 1. The second-order valence-corrected chi connectivity index (χ2v) is 4.93. The van der Waals surface area contributed by atoms with E-state index < -0.39 is 23.5 Å². The quantitative estimate of drug-likeness (QED) is 0.270. The average Bonchev–Trinajstić information content (AvgIpc) is 2.40. The molecule has 0 aliphatic heterocycles. The summed E-state index contributed by atoms with van der Waals surface area (Å²) >= 11 is 0. The Bertz CT molecular complexity index is 576. The third-order valence-electron chi connectivity index (χ3n) is 2.70. The predicted octanol–water partition coefficient (Wildman–Crippen LogP) is 1.64. The Hall–Kier alpha value is -2.57. The van der Waals surface area contributed by atoms with Gasteiger partial charge >= 0.3 is 11.9 Å². The van der Waals surface area contributed by atoms with Crippen LogP contribution in [0.25, 0.3) is 10.4 Å². The normalized spacial score (nSPS) is 12.1. The zero-order chi connectivity index (χ0) is 16.0. The summed E-state index contributed by atoms with van der Waals surface area (Å²) in [4.78, 5) is 25.0. The summed E-state index contributed by atoms with van der Waals surface area (Å²) in [7, 11) is 0. The SMILES string of the molecule is CC(C)(N=[N+]=[N-])C(=O)Oc1ccc(CC(N)C(=O)O)cc1. The summed E-state index contributed by atoms with van der Waals surface area (Å²) in [6.45, 7) is 2.88. The van der Waals surface area contributed by atoms with Gasteiger partial charge in [0.2, 0.25) is 0 Å². The molecule has 0 radical (unpaired) electrons. The molecular weight excluding hydrogens is 276 g/mol. The Morgan fingerprint density at radius 3 is 2.48 bits per heavy atom. The molecule has 0 heterocycles. The van der Waals surface area contributed by atoms with Gasteiger partial charge in [-0.05, 0) is 43.5 Å². The van der Waals surface area contributed by atoms with Gasteiger partial charge in [0.25, 0.3) is 0 Å². The van der Waals surface area contributed by atoms with Crippen molar-refractivity contribution in [2.45, 2.75) is 31.8 Å². The first-order valence-corrected chi connectivity index (χ1v) is 6.12. The van der Waals surface area contributed by atoms with Crippen molar-refractivity contribution < 1.29 is 19.4 Å². The fourth-order valence-corrected chi connectivity index (χ4v) is 1.42. The number of carbonyl (C=O) groups excluding carboxylic acids is 1. The Morgan fingerprint density at radius 1 is 1.43 bits per heavy atom. The molecule has 0 saturated carbocycles. The first kappa shape index (κ1) is 16.5. The van der Waals surface area contributed by atoms with Crippen molar-refractivity contribution in [2.24, 2.45) is 10.8 Å². The lowest BCUT2D eigenvalue weighted by molar-refractivity contribution is -0.139. The van der Waals surface area contributed by atoms with Crippen LogP contribution in [0.5, 0.6) is 5.75 Å². The van der Waals surface area contributed by atoms with Gasteiger partial charge in [0, 0.05) is 4.91 Å². The molecule has 1 atom stereocenters. The number of carboxylic acids is 1. The van der Waals surface area contributed by atoms with Crippen LogP contribution in [0.4, 0.5) is 0 Å². The Kier molecular flexibility index (Phi) is 5.29. The lowest BCUT2D eigenvalue weighted by atomic mass is 10.1. The van der Waals surface area contributed by atoms with Gasteiger partial charge in [-0.15, -0.1) is 0 Å². The molecule has 0 amide bonds. The van der Waals surface area contributed by atoms with Crippen LogP contribution in [0.1, 0.15) is 19.4 Å². The van der Waals surface area contributed by atoms with E-state index in [1.54, 1.807) is 12.1 Å². The zero-order valence-corrected chi connectivity index (χ0v) is 11.7. The highest BCUT2D eigenvalue weighted by molar-refractivity contribution is 5.82. The molecule has 0 bridgehead atoms. The fourth-order valence-electron chi connectivity index (χ4n) is 1.42. The highest BCUT2D eigenvalue weighted by Crippen LogP contribution is 2.18. The molecule has 8 heteroatoms. The highest BCUT2D eigenvalue weighted by atomic mass is 16.5. The minimum atomic E-state index is -1.31. The van der Waals surface area contributed by atoms with Crippen molar-refractivity contribution in [3.63, 3.8) is 0 Å². The van der Waals surface area contributed by atoms with Crippen LogP contribution in [0.2, 0.25) is 0 Å². The molecule has 0 saturated heterocycles. The smallest absolute Gasteiger partial charge is 0.322 e. The molecule has 3 N–H and O–H groups in total. The van der Waals surface area contributed by atoms with Gasteiger partial charge in [0.05, 0.1) is 0 Å². The number of carboxylic acid groups (broad SMARTS) is 1. The Morgan fingerprint density at radius 2 is 2.00 bits per heavy atom. The van der Waals surface area contributed by atoms with Crippen molar-refractivity contribution in [1.82, 2.24) is 0 Å². The van der Waals surface area contributed by atoms with E-state index in [4.69, 9.17) is 21.1 Å². The third kappa shape index (κ3) is 4.79. The number of azide groups is 1. The number of benzene rings is 1. The van der Waals surface area contributed by atoms with Gasteiger partial charge in [-0.2, -0.15) is 0 Å². The molecular formula is C13H16N4O4. The lowest BCUT2D eigenvalue weighted by Gasteiger charge is -2.16. The molecule has 0 aromatic heterocycles. The molecule has 0 spiro atoms. The minimum Gasteiger partial charge on any atom is -0.480 e. The van der Waals surface area contributed by atoms with Crippen molar-refractivity contribution in [3.8, 4) is 5.75 Å². The summed E-state index contributed by atoms with van der Waals surface area (Å²) < 4.78 is 5.09. The summed E-state index contributed by atoms with van der Waals surface area (Å²) in [5, 5.41) is 12.1. The van der Waals surface area contributed by atoms with E-state index in [1.807, 2.05) is 0 Å². The fraction of sp³-hybridized carbons (Fsp3) is 0.385. The molecule has 1 unspecified atom stereocenters. The van der Waals surface area contributed by atoms with Gasteiger partial charge in [0.15, 0.2) is 0 Å². The molecule has 1 rings (SSSR count). The van der Waals surface area contributed by atoms with Gasteiger partial charge in [-0.3, -0.25) is 9.59 Å². The van der Waals surface area contributed by atoms with Crippen LogP contribution >= 0.6 is 0 Å². The van der Waals surface area contributed by atoms with Gasteiger partial charge in [0.1, 0.15) is 17.3 Å². The second-order valence-electron chi connectivity index (χ2n) is 4.93. The van der Waals surface area contributed by atoms with E-state index >= 15 is 0 Å². The van der Waals surface area contributed by atoms with E-state index in [0.717, 1.165) is 0 Å². The molecule has 8 nitrogen and oxygen atoms in total. The van der Waals surface area contributed by atoms with E-state index in [0.29, 0.717) is 5.56 Å². The summed E-state index contributed by atoms with van der Waals surface area (Å²) in [5.74, 6) is -1.49. The van der Waals surface area contributed by atoms with Crippen LogP contribution < -0.4 is 10.5 Å². The molecule has 1 aromatic rings. The molecule has 0 aliphatic rings. The van der Waals surface area contributed by atoms with Crippen LogP contribution in [0, 0.1) is 0 Å². The number of hydrogen-bond donors (Lipinski definition) is 2. The summed E-state index contributed by atoms with van der Waals surface area (Å²) in [6, 6.07) is 5.29. The first-order valence-electron chi connectivity index (χ1n) is 6.12. The van der Waals surface area contributed by atoms with E-state index in [9.17, 15) is 9.59 Å². The number of aliphatic carboxylic acids is 1. The van der Waals surface area contributed by atoms with Gasteiger partial charge in [-0.25, -0.2) is 0 Å². The summed E-state index contributed by atoms with van der Waals surface area (Å²) in [5.41, 5.74) is 13.2. The van der Waals surface area contributed by atoms with Crippen LogP contribution in [-0.2, 0) is 16.0 Å². The molecule has 21 heavy (non-hydrogen) atoms. The molecule has 112 valence electrons. The monoisotopic (exact) mass is 292 g/mol. The molecule has 0 fully saturated rings. The topological polar surface area (TPSA) is 138 Å². The highest BCUT2D eigenvalue weighted by Gasteiger charge is 2.28. The Balaban J connectivity index is 2.73.